The summed E-state index contributed by atoms with van der Waals surface area (Å²) in [6.07, 6.45) is 3.50. The first-order valence-corrected chi connectivity index (χ1v) is 5.61. The molecule has 2 unspecified atom stereocenters. The average molecular weight is 220 g/mol. The molecule has 3 heteroatoms. The van der Waals surface area contributed by atoms with E-state index in [2.05, 4.69) is 6.92 Å². The molecule has 1 aromatic carbocycles. The Labute approximate surface area is 95.4 Å². The number of hydrogen-bond acceptors (Lipinski definition) is 3. The first-order chi connectivity index (χ1) is 7.78. The lowest BCUT2D eigenvalue weighted by molar-refractivity contribution is 0.0264. The molecule has 0 saturated carbocycles. The second kappa shape index (κ2) is 5.12. The maximum atomic E-state index is 10.6. The van der Waals surface area contributed by atoms with Crippen molar-refractivity contribution in [2.45, 2.75) is 32.0 Å². The Kier molecular flexibility index (Phi) is 3.57. The SMILES string of the molecule is CC1CCC(COc2cccc(C=O)c2)O1. The van der Waals surface area contributed by atoms with Crippen LogP contribution in [0.4, 0.5) is 0 Å². The molecule has 0 bridgehead atoms. The van der Waals surface area contributed by atoms with Gasteiger partial charge in [-0.05, 0) is 31.9 Å². The van der Waals surface area contributed by atoms with Crippen molar-refractivity contribution in [1.82, 2.24) is 0 Å². The molecule has 2 atom stereocenters. The quantitative estimate of drug-likeness (QED) is 0.731. The van der Waals surface area contributed by atoms with Crippen LogP contribution >= 0.6 is 0 Å². The zero-order valence-electron chi connectivity index (χ0n) is 9.39. The standard InChI is InChI=1S/C13H16O3/c1-10-5-6-13(16-10)9-15-12-4-2-3-11(7-12)8-14/h2-4,7-8,10,13H,5-6,9H2,1H3. The van der Waals surface area contributed by atoms with E-state index >= 15 is 0 Å². The van der Waals surface area contributed by atoms with Crippen LogP contribution in [0.25, 0.3) is 0 Å². The number of benzene rings is 1. The van der Waals surface area contributed by atoms with E-state index < -0.39 is 0 Å². The van der Waals surface area contributed by atoms with Crippen molar-refractivity contribution in [2.24, 2.45) is 0 Å². The highest BCUT2D eigenvalue weighted by atomic mass is 16.5. The molecular formula is C13H16O3. The zero-order chi connectivity index (χ0) is 11.4. The topological polar surface area (TPSA) is 35.5 Å². The molecule has 1 aromatic rings. The van der Waals surface area contributed by atoms with Crippen molar-refractivity contribution in [3.05, 3.63) is 29.8 Å². The monoisotopic (exact) mass is 220 g/mol. The summed E-state index contributed by atoms with van der Waals surface area (Å²) in [5.74, 6) is 0.729. The molecule has 1 saturated heterocycles. The van der Waals surface area contributed by atoms with Gasteiger partial charge in [0.05, 0.1) is 12.2 Å². The van der Waals surface area contributed by atoms with E-state index in [1.54, 1.807) is 12.1 Å². The Bertz CT molecular complexity index is 362. The number of ether oxygens (including phenoxy) is 2. The molecular weight excluding hydrogens is 204 g/mol. The molecule has 1 heterocycles. The third-order valence-corrected chi connectivity index (χ3v) is 2.75. The number of carbonyl (C=O) groups excluding carboxylic acids is 1. The van der Waals surface area contributed by atoms with Crippen LogP contribution in [-0.4, -0.2) is 25.1 Å². The highest BCUT2D eigenvalue weighted by molar-refractivity contribution is 5.75. The Hall–Kier alpha value is -1.35. The van der Waals surface area contributed by atoms with Gasteiger partial charge in [0.1, 0.15) is 18.6 Å². The summed E-state index contributed by atoms with van der Waals surface area (Å²) in [6, 6.07) is 7.17. The van der Waals surface area contributed by atoms with Crippen molar-refractivity contribution in [3.63, 3.8) is 0 Å². The molecule has 3 nitrogen and oxygen atoms in total. The first-order valence-electron chi connectivity index (χ1n) is 5.61. The first kappa shape index (κ1) is 11.1. The lowest BCUT2D eigenvalue weighted by atomic mass is 10.2. The van der Waals surface area contributed by atoms with Crippen molar-refractivity contribution in [1.29, 1.82) is 0 Å². The fourth-order valence-corrected chi connectivity index (χ4v) is 1.87. The normalized spacial score (nSPS) is 24.3. The minimum Gasteiger partial charge on any atom is -0.491 e. The minimum atomic E-state index is 0.190. The number of carbonyl (C=O) groups is 1. The van der Waals surface area contributed by atoms with Crippen LogP contribution in [0, 0.1) is 0 Å². The van der Waals surface area contributed by atoms with Crippen molar-refractivity contribution < 1.29 is 14.3 Å². The average Bonchev–Trinajstić information content (AvgIpc) is 2.73. The van der Waals surface area contributed by atoms with E-state index in [0.717, 1.165) is 24.9 Å². The molecule has 0 N–H and O–H groups in total. The summed E-state index contributed by atoms with van der Waals surface area (Å²) < 4.78 is 11.2. The molecule has 0 radical (unpaired) electrons. The van der Waals surface area contributed by atoms with E-state index in [-0.39, 0.29) is 6.10 Å². The van der Waals surface area contributed by atoms with Crippen LogP contribution in [0.1, 0.15) is 30.1 Å². The highest BCUT2D eigenvalue weighted by Gasteiger charge is 2.22. The van der Waals surface area contributed by atoms with Crippen LogP contribution < -0.4 is 4.74 Å². The smallest absolute Gasteiger partial charge is 0.150 e. The molecule has 0 aromatic heterocycles. The van der Waals surface area contributed by atoms with E-state index in [1.165, 1.54) is 0 Å². The Morgan fingerprint density at radius 2 is 2.38 bits per heavy atom. The molecule has 0 amide bonds. The van der Waals surface area contributed by atoms with Gasteiger partial charge in [0, 0.05) is 5.56 Å². The van der Waals surface area contributed by atoms with Crippen molar-refractivity contribution in [2.75, 3.05) is 6.61 Å². The second-order valence-electron chi connectivity index (χ2n) is 4.15. The lowest BCUT2D eigenvalue weighted by Gasteiger charge is -2.12. The number of hydrogen-bond donors (Lipinski definition) is 0. The van der Waals surface area contributed by atoms with Crippen LogP contribution in [0.3, 0.4) is 0 Å². The Morgan fingerprint density at radius 3 is 3.06 bits per heavy atom. The molecule has 86 valence electrons. The lowest BCUT2D eigenvalue weighted by Crippen LogP contribution is -2.17. The van der Waals surface area contributed by atoms with Gasteiger partial charge in [0.15, 0.2) is 0 Å². The predicted molar refractivity (Wildman–Crippen MR) is 60.9 cm³/mol. The molecule has 0 spiro atoms. The summed E-state index contributed by atoms with van der Waals surface area (Å²) in [4.78, 5) is 10.6. The van der Waals surface area contributed by atoms with Crippen molar-refractivity contribution >= 4 is 6.29 Å². The molecule has 2 rings (SSSR count). The van der Waals surface area contributed by atoms with Crippen LogP contribution in [0.15, 0.2) is 24.3 Å². The van der Waals surface area contributed by atoms with E-state index in [1.807, 2.05) is 12.1 Å². The third-order valence-electron chi connectivity index (χ3n) is 2.75. The zero-order valence-corrected chi connectivity index (χ0v) is 9.39. The van der Waals surface area contributed by atoms with Gasteiger partial charge >= 0.3 is 0 Å². The second-order valence-corrected chi connectivity index (χ2v) is 4.15. The van der Waals surface area contributed by atoms with Gasteiger partial charge in [0.2, 0.25) is 0 Å². The number of aldehydes is 1. The molecule has 1 aliphatic rings. The van der Waals surface area contributed by atoms with E-state index in [9.17, 15) is 4.79 Å². The van der Waals surface area contributed by atoms with E-state index in [4.69, 9.17) is 9.47 Å². The number of rotatable bonds is 4. The van der Waals surface area contributed by atoms with Crippen molar-refractivity contribution in [3.8, 4) is 5.75 Å². The van der Waals surface area contributed by atoms with Gasteiger partial charge in [-0.3, -0.25) is 4.79 Å². The molecule has 1 aliphatic heterocycles. The Morgan fingerprint density at radius 1 is 1.50 bits per heavy atom. The summed E-state index contributed by atoms with van der Waals surface area (Å²) in [5.41, 5.74) is 0.637. The minimum absolute atomic E-state index is 0.190. The third kappa shape index (κ3) is 2.83. The summed E-state index contributed by atoms with van der Waals surface area (Å²) in [7, 11) is 0. The fourth-order valence-electron chi connectivity index (χ4n) is 1.87. The predicted octanol–water partition coefficient (Wildman–Crippen LogP) is 2.45. The molecule has 1 fully saturated rings. The van der Waals surface area contributed by atoms with E-state index in [0.29, 0.717) is 18.3 Å². The van der Waals surface area contributed by atoms with Gasteiger partial charge in [-0.2, -0.15) is 0 Å². The summed E-state index contributed by atoms with van der Waals surface area (Å²) in [5, 5.41) is 0. The maximum Gasteiger partial charge on any atom is 0.150 e. The van der Waals surface area contributed by atoms with Gasteiger partial charge in [-0.15, -0.1) is 0 Å². The van der Waals surface area contributed by atoms with Crippen LogP contribution in [0.2, 0.25) is 0 Å². The molecule has 16 heavy (non-hydrogen) atoms. The summed E-state index contributed by atoms with van der Waals surface area (Å²) in [6.45, 7) is 2.64. The van der Waals surface area contributed by atoms with Gasteiger partial charge in [-0.1, -0.05) is 12.1 Å². The van der Waals surface area contributed by atoms with Crippen LogP contribution in [0.5, 0.6) is 5.75 Å². The van der Waals surface area contributed by atoms with Gasteiger partial charge < -0.3 is 9.47 Å². The van der Waals surface area contributed by atoms with Gasteiger partial charge in [0.25, 0.3) is 0 Å². The van der Waals surface area contributed by atoms with Gasteiger partial charge in [-0.25, -0.2) is 0 Å². The largest absolute Gasteiger partial charge is 0.491 e. The molecule has 0 aliphatic carbocycles. The Balaban J connectivity index is 1.87. The fraction of sp³-hybridized carbons (Fsp3) is 0.462. The maximum absolute atomic E-state index is 10.6. The highest BCUT2D eigenvalue weighted by Crippen LogP contribution is 2.20. The van der Waals surface area contributed by atoms with Crippen LogP contribution in [-0.2, 0) is 4.74 Å². The summed E-state index contributed by atoms with van der Waals surface area (Å²) >= 11 is 0.